The highest BCUT2D eigenvalue weighted by Crippen LogP contribution is 2.18. The molecule has 1 rings (SSSR count). The molecule has 112 valence electrons. The van der Waals surface area contributed by atoms with Crippen molar-refractivity contribution >= 4 is 11.7 Å². The van der Waals surface area contributed by atoms with Crippen molar-refractivity contribution in [3.8, 4) is 0 Å². The quantitative estimate of drug-likeness (QED) is 0.730. The van der Waals surface area contributed by atoms with Crippen molar-refractivity contribution in [2.24, 2.45) is 0 Å². The first-order chi connectivity index (χ1) is 9.60. The van der Waals surface area contributed by atoms with Crippen LogP contribution in [0.4, 0.5) is 10.1 Å². The molecule has 1 atom stereocenters. The zero-order valence-electron chi connectivity index (χ0n) is 12.1. The van der Waals surface area contributed by atoms with Gasteiger partial charge in [-0.1, -0.05) is 19.1 Å². The number of rotatable bonds is 9. The number of anilines is 1. The molecule has 1 aromatic rings. The number of hydrogen-bond acceptors (Lipinski definition) is 3. The Balaban J connectivity index is 2.64. The Morgan fingerprint density at radius 2 is 2.10 bits per heavy atom. The minimum Gasteiger partial charge on any atom is -0.480 e. The number of aliphatic carboxylic acids is 1. The molecule has 4 nitrogen and oxygen atoms in total. The highest BCUT2D eigenvalue weighted by molar-refractivity contribution is 5.73. The molecule has 0 bridgehead atoms. The molecule has 0 spiro atoms. The summed E-state index contributed by atoms with van der Waals surface area (Å²) in [4.78, 5) is 13.0. The molecular weight excluding hydrogens is 259 g/mol. The maximum atomic E-state index is 13.7. The summed E-state index contributed by atoms with van der Waals surface area (Å²) in [5.74, 6) is -1.13. The number of para-hydroxylation sites is 1. The highest BCUT2D eigenvalue weighted by atomic mass is 19.1. The molecule has 1 aromatic carbocycles. The smallest absolute Gasteiger partial charge is 0.320 e. The van der Waals surface area contributed by atoms with Gasteiger partial charge in [0.15, 0.2) is 0 Å². The van der Waals surface area contributed by atoms with Crippen molar-refractivity contribution in [1.29, 1.82) is 0 Å². The first kappa shape index (κ1) is 16.4. The second-order valence-electron chi connectivity index (χ2n) is 4.66. The third kappa shape index (κ3) is 4.81. The van der Waals surface area contributed by atoms with Gasteiger partial charge in [0.05, 0.1) is 5.69 Å². The van der Waals surface area contributed by atoms with Gasteiger partial charge in [0.25, 0.3) is 0 Å². The number of halogens is 1. The van der Waals surface area contributed by atoms with Crippen LogP contribution in [0.2, 0.25) is 0 Å². The Labute approximate surface area is 119 Å². The van der Waals surface area contributed by atoms with Crippen LogP contribution in [0.5, 0.6) is 0 Å². The Morgan fingerprint density at radius 1 is 1.40 bits per heavy atom. The molecule has 0 saturated carbocycles. The van der Waals surface area contributed by atoms with Crippen molar-refractivity contribution in [2.45, 2.75) is 32.7 Å². The molecule has 5 heteroatoms. The monoisotopic (exact) mass is 282 g/mol. The van der Waals surface area contributed by atoms with Gasteiger partial charge in [-0.3, -0.25) is 4.79 Å². The molecule has 0 aliphatic carbocycles. The fraction of sp³-hybridized carbons (Fsp3) is 0.533. The van der Waals surface area contributed by atoms with Gasteiger partial charge in [0, 0.05) is 13.1 Å². The molecule has 0 aliphatic rings. The number of benzene rings is 1. The molecule has 20 heavy (non-hydrogen) atoms. The van der Waals surface area contributed by atoms with E-state index < -0.39 is 12.0 Å². The van der Waals surface area contributed by atoms with Crippen LogP contribution >= 0.6 is 0 Å². The van der Waals surface area contributed by atoms with E-state index >= 15 is 0 Å². The van der Waals surface area contributed by atoms with E-state index in [0.29, 0.717) is 31.7 Å². The standard InChI is InChI=1S/C15H23FN2O2/c1-3-10-17-13(15(19)20)9-11-18(4-2)14-8-6-5-7-12(14)16/h5-8,13,17H,3-4,9-11H2,1-2H3,(H,19,20). The molecule has 0 aromatic heterocycles. The van der Waals surface area contributed by atoms with Crippen LogP contribution in [0.3, 0.4) is 0 Å². The SMILES string of the molecule is CCCNC(CCN(CC)c1ccccc1F)C(=O)O. The van der Waals surface area contributed by atoms with Gasteiger partial charge >= 0.3 is 5.97 Å². The largest absolute Gasteiger partial charge is 0.480 e. The molecule has 0 aliphatic heterocycles. The van der Waals surface area contributed by atoms with Crippen molar-refractivity contribution in [3.63, 3.8) is 0 Å². The minimum atomic E-state index is -0.858. The van der Waals surface area contributed by atoms with Crippen LogP contribution in [-0.4, -0.2) is 36.8 Å². The lowest BCUT2D eigenvalue weighted by atomic mass is 10.1. The van der Waals surface area contributed by atoms with E-state index in [2.05, 4.69) is 5.32 Å². The summed E-state index contributed by atoms with van der Waals surface area (Å²) >= 11 is 0. The fourth-order valence-electron chi connectivity index (χ4n) is 2.07. The summed E-state index contributed by atoms with van der Waals surface area (Å²) in [6.07, 6.45) is 1.33. The predicted octanol–water partition coefficient (Wildman–Crippen LogP) is 2.49. The zero-order chi connectivity index (χ0) is 15.0. The molecule has 0 heterocycles. The molecule has 2 N–H and O–H groups in total. The molecule has 0 fully saturated rings. The van der Waals surface area contributed by atoms with E-state index in [-0.39, 0.29) is 5.82 Å². The molecule has 0 saturated heterocycles. The lowest BCUT2D eigenvalue weighted by molar-refractivity contribution is -0.139. The normalized spacial score (nSPS) is 12.2. The highest BCUT2D eigenvalue weighted by Gasteiger charge is 2.18. The van der Waals surface area contributed by atoms with E-state index in [1.54, 1.807) is 18.2 Å². The maximum absolute atomic E-state index is 13.7. The van der Waals surface area contributed by atoms with Crippen molar-refractivity contribution in [1.82, 2.24) is 5.32 Å². The summed E-state index contributed by atoms with van der Waals surface area (Å²) in [6.45, 7) is 5.74. The van der Waals surface area contributed by atoms with Gasteiger partial charge in [0.1, 0.15) is 11.9 Å². The number of hydrogen-bond donors (Lipinski definition) is 2. The Morgan fingerprint density at radius 3 is 2.65 bits per heavy atom. The van der Waals surface area contributed by atoms with Crippen molar-refractivity contribution in [3.05, 3.63) is 30.1 Å². The lowest BCUT2D eigenvalue weighted by Gasteiger charge is -2.25. The van der Waals surface area contributed by atoms with Crippen LogP contribution in [0.15, 0.2) is 24.3 Å². The summed E-state index contributed by atoms with van der Waals surface area (Å²) in [7, 11) is 0. The third-order valence-corrected chi connectivity index (χ3v) is 3.20. The lowest BCUT2D eigenvalue weighted by Crippen LogP contribution is -2.40. The first-order valence-corrected chi connectivity index (χ1v) is 7.05. The minimum absolute atomic E-state index is 0.275. The fourth-order valence-corrected chi connectivity index (χ4v) is 2.07. The van der Waals surface area contributed by atoms with E-state index in [9.17, 15) is 9.18 Å². The van der Waals surface area contributed by atoms with E-state index in [0.717, 1.165) is 6.42 Å². The number of carbonyl (C=O) groups is 1. The maximum Gasteiger partial charge on any atom is 0.320 e. The van der Waals surface area contributed by atoms with Crippen LogP contribution in [0.1, 0.15) is 26.7 Å². The molecule has 0 radical (unpaired) electrons. The zero-order valence-corrected chi connectivity index (χ0v) is 12.1. The molecular formula is C15H23FN2O2. The molecule has 1 unspecified atom stereocenters. The number of nitrogens with zero attached hydrogens (tertiary/aromatic N) is 1. The predicted molar refractivity (Wildman–Crippen MR) is 78.6 cm³/mol. The van der Waals surface area contributed by atoms with Crippen LogP contribution in [0.25, 0.3) is 0 Å². The van der Waals surface area contributed by atoms with Crippen LogP contribution in [0, 0.1) is 5.82 Å². The Hall–Kier alpha value is -1.62. The number of carboxylic acid groups (broad SMARTS) is 1. The van der Waals surface area contributed by atoms with E-state index in [1.165, 1.54) is 6.07 Å². The van der Waals surface area contributed by atoms with Gasteiger partial charge < -0.3 is 15.3 Å². The molecule has 0 amide bonds. The van der Waals surface area contributed by atoms with E-state index in [1.807, 2.05) is 18.7 Å². The van der Waals surface area contributed by atoms with Gasteiger partial charge in [-0.25, -0.2) is 4.39 Å². The van der Waals surface area contributed by atoms with Crippen LogP contribution < -0.4 is 10.2 Å². The second-order valence-corrected chi connectivity index (χ2v) is 4.66. The van der Waals surface area contributed by atoms with Gasteiger partial charge in [-0.2, -0.15) is 0 Å². The van der Waals surface area contributed by atoms with Crippen molar-refractivity contribution in [2.75, 3.05) is 24.5 Å². The number of carboxylic acids is 1. The van der Waals surface area contributed by atoms with Gasteiger partial charge in [-0.05, 0) is 38.4 Å². The first-order valence-electron chi connectivity index (χ1n) is 7.05. The average molecular weight is 282 g/mol. The Kier molecular flexibility index (Phi) is 7.01. The van der Waals surface area contributed by atoms with Crippen molar-refractivity contribution < 1.29 is 14.3 Å². The summed E-state index contributed by atoms with van der Waals surface area (Å²) in [5, 5.41) is 12.1. The van der Waals surface area contributed by atoms with Gasteiger partial charge in [0.2, 0.25) is 0 Å². The van der Waals surface area contributed by atoms with E-state index in [4.69, 9.17) is 5.11 Å². The Bertz CT molecular complexity index is 426. The van der Waals surface area contributed by atoms with Gasteiger partial charge in [-0.15, -0.1) is 0 Å². The van der Waals surface area contributed by atoms with Crippen LogP contribution in [-0.2, 0) is 4.79 Å². The number of nitrogens with one attached hydrogen (secondary N) is 1. The topological polar surface area (TPSA) is 52.6 Å². The second kappa shape index (κ2) is 8.53. The third-order valence-electron chi connectivity index (χ3n) is 3.20. The average Bonchev–Trinajstić information content (AvgIpc) is 2.43. The summed E-state index contributed by atoms with van der Waals surface area (Å²) in [5.41, 5.74) is 0.523. The summed E-state index contributed by atoms with van der Waals surface area (Å²) in [6, 6.07) is 5.98. The summed E-state index contributed by atoms with van der Waals surface area (Å²) < 4.78 is 13.7.